The van der Waals surface area contributed by atoms with E-state index in [0.29, 0.717) is 54.2 Å². The van der Waals surface area contributed by atoms with Gasteiger partial charge in [0.25, 0.3) is 5.91 Å². The number of ether oxygens (including phenoxy) is 3. The Balaban J connectivity index is 1.41. The van der Waals surface area contributed by atoms with Crippen LogP contribution in [-0.2, 0) is 0 Å². The standard InChI is InChI=1S/C26H25N3O4S/c1-28(2)12-13-29(26-27-21-16-22-23(17-24(21)34-26)32-15-14-31-22)25(30)18-8-10-20(11-9-18)33-19-6-4-3-5-7-19/h3-11,16-17H,12-15H2,1-2H3. The fourth-order valence-corrected chi connectivity index (χ4v) is 4.60. The first-order valence-electron chi connectivity index (χ1n) is 11.1. The van der Waals surface area contributed by atoms with Gasteiger partial charge in [0.05, 0.1) is 10.2 Å². The molecule has 0 unspecified atom stereocenters. The average molecular weight is 476 g/mol. The predicted molar refractivity (Wildman–Crippen MR) is 134 cm³/mol. The number of hydrogen-bond acceptors (Lipinski definition) is 7. The third-order valence-corrected chi connectivity index (χ3v) is 6.41. The van der Waals surface area contributed by atoms with Gasteiger partial charge in [0.1, 0.15) is 24.7 Å². The van der Waals surface area contributed by atoms with Crippen LogP contribution < -0.4 is 19.1 Å². The van der Waals surface area contributed by atoms with Crippen LogP contribution >= 0.6 is 11.3 Å². The number of para-hydroxylation sites is 1. The van der Waals surface area contributed by atoms with E-state index in [0.717, 1.165) is 16.0 Å². The van der Waals surface area contributed by atoms with Crippen molar-refractivity contribution in [2.75, 3.05) is 45.3 Å². The number of amides is 1. The molecule has 0 bridgehead atoms. The topological polar surface area (TPSA) is 64.1 Å². The Morgan fingerprint density at radius 3 is 2.32 bits per heavy atom. The molecule has 174 valence electrons. The van der Waals surface area contributed by atoms with Crippen molar-refractivity contribution in [2.45, 2.75) is 0 Å². The fourth-order valence-electron chi connectivity index (χ4n) is 3.60. The van der Waals surface area contributed by atoms with Crippen molar-refractivity contribution in [3.8, 4) is 23.0 Å². The molecule has 1 aliphatic rings. The van der Waals surface area contributed by atoms with E-state index >= 15 is 0 Å². The second-order valence-electron chi connectivity index (χ2n) is 8.16. The third-order valence-electron chi connectivity index (χ3n) is 5.37. The van der Waals surface area contributed by atoms with E-state index in [2.05, 4.69) is 0 Å². The lowest BCUT2D eigenvalue weighted by atomic mass is 10.2. The van der Waals surface area contributed by atoms with Crippen molar-refractivity contribution in [1.82, 2.24) is 9.88 Å². The van der Waals surface area contributed by atoms with Crippen molar-refractivity contribution >= 4 is 32.6 Å². The smallest absolute Gasteiger partial charge is 0.260 e. The quantitative estimate of drug-likeness (QED) is 0.372. The van der Waals surface area contributed by atoms with Gasteiger partial charge in [-0.1, -0.05) is 29.5 Å². The van der Waals surface area contributed by atoms with E-state index in [1.807, 2.05) is 73.6 Å². The number of fused-ring (bicyclic) bond motifs is 2. The molecule has 0 atom stereocenters. The van der Waals surface area contributed by atoms with Crippen LogP contribution in [0.5, 0.6) is 23.0 Å². The van der Waals surface area contributed by atoms with Crippen molar-refractivity contribution < 1.29 is 19.0 Å². The fraction of sp³-hybridized carbons (Fsp3) is 0.231. The van der Waals surface area contributed by atoms with E-state index < -0.39 is 0 Å². The summed E-state index contributed by atoms with van der Waals surface area (Å²) in [5.74, 6) is 2.72. The summed E-state index contributed by atoms with van der Waals surface area (Å²) in [6.45, 7) is 2.27. The van der Waals surface area contributed by atoms with E-state index in [1.54, 1.807) is 17.0 Å². The monoisotopic (exact) mass is 475 g/mol. The lowest BCUT2D eigenvalue weighted by Gasteiger charge is -2.22. The number of hydrogen-bond donors (Lipinski definition) is 0. The van der Waals surface area contributed by atoms with Gasteiger partial charge in [0.15, 0.2) is 16.6 Å². The molecule has 0 aliphatic carbocycles. The Morgan fingerprint density at radius 2 is 1.62 bits per heavy atom. The summed E-state index contributed by atoms with van der Waals surface area (Å²) in [5, 5.41) is 0.647. The van der Waals surface area contributed by atoms with Gasteiger partial charge >= 0.3 is 0 Å². The molecule has 8 heteroatoms. The first-order valence-corrected chi connectivity index (χ1v) is 11.9. The molecule has 1 aromatic heterocycles. The highest BCUT2D eigenvalue weighted by Gasteiger charge is 2.23. The number of thiazole rings is 1. The SMILES string of the molecule is CN(C)CCN(C(=O)c1ccc(Oc2ccccc2)cc1)c1nc2cc3c(cc2s1)OCCO3. The first-order chi connectivity index (χ1) is 16.6. The minimum atomic E-state index is -0.107. The Labute approximate surface area is 202 Å². The lowest BCUT2D eigenvalue weighted by molar-refractivity contribution is 0.0985. The minimum Gasteiger partial charge on any atom is -0.486 e. The molecule has 34 heavy (non-hydrogen) atoms. The molecule has 3 aromatic carbocycles. The second-order valence-corrected chi connectivity index (χ2v) is 9.17. The zero-order chi connectivity index (χ0) is 23.5. The third kappa shape index (κ3) is 4.83. The van der Waals surface area contributed by atoms with Gasteiger partial charge in [-0.3, -0.25) is 9.69 Å². The second kappa shape index (κ2) is 9.70. The van der Waals surface area contributed by atoms with Crippen LogP contribution in [0.3, 0.4) is 0 Å². The molecular formula is C26H25N3O4S. The zero-order valence-electron chi connectivity index (χ0n) is 19.1. The van der Waals surface area contributed by atoms with E-state index in [9.17, 15) is 4.79 Å². The summed E-state index contributed by atoms with van der Waals surface area (Å²) < 4.78 is 18.2. The maximum Gasteiger partial charge on any atom is 0.260 e. The molecule has 4 aromatic rings. The lowest BCUT2D eigenvalue weighted by Crippen LogP contribution is -2.36. The Hall–Kier alpha value is -3.62. The summed E-state index contributed by atoms with van der Waals surface area (Å²) in [4.78, 5) is 22.1. The molecule has 0 N–H and O–H groups in total. The van der Waals surface area contributed by atoms with Gasteiger partial charge in [-0.05, 0) is 50.5 Å². The molecule has 5 rings (SSSR count). The number of aromatic nitrogens is 1. The summed E-state index contributed by atoms with van der Waals surface area (Å²) in [5.41, 5.74) is 1.36. The highest BCUT2D eigenvalue weighted by atomic mass is 32.1. The highest BCUT2D eigenvalue weighted by molar-refractivity contribution is 7.22. The summed E-state index contributed by atoms with van der Waals surface area (Å²) in [7, 11) is 3.97. The van der Waals surface area contributed by atoms with Gasteiger partial charge in [-0.15, -0.1) is 0 Å². The Bertz CT molecular complexity index is 1250. The van der Waals surface area contributed by atoms with Crippen LogP contribution in [0.4, 0.5) is 5.13 Å². The summed E-state index contributed by atoms with van der Waals surface area (Å²) in [6, 6.07) is 20.6. The number of likely N-dealkylation sites (N-methyl/N-ethyl adjacent to an activating group) is 1. The molecule has 0 radical (unpaired) electrons. The van der Waals surface area contributed by atoms with Crippen molar-refractivity contribution in [1.29, 1.82) is 0 Å². The van der Waals surface area contributed by atoms with Gasteiger partial charge in [-0.25, -0.2) is 4.98 Å². The van der Waals surface area contributed by atoms with E-state index in [-0.39, 0.29) is 5.91 Å². The van der Waals surface area contributed by atoms with Crippen LogP contribution in [0.15, 0.2) is 66.7 Å². The number of nitrogens with zero attached hydrogens (tertiary/aromatic N) is 3. The van der Waals surface area contributed by atoms with Crippen molar-refractivity contribution in [3.63, 3.8) is 0 Å². The van der Waals surface area contributed by atoms with Crippen LogP contribution in [0, 0.1) is 0 Å². The zero-order valence-corrected chi connectivity index (χ0v) is 19.9. The van der Waals surface area contributed by atoms with E-state index in [4.69, 9.17) is 19.2 Å². The largest absolute Gasteiger partial charge is 0.486 e. The highest BCUT2D eigenvalue weighted by Crippen LogP contribution is 2.39. The molecule has 0 saturated heterocycles. The number of benzene rings is 3. The van der Waals surface area contributed by atoms with Gasteiger partial charge in [0, 0.05) is 30.8 Å². The average Bonchev–Trinajstić information content (AvgIpc) is 3.26. The number of rotatable bonds is 7. The summed E-state index contributed by atoms with van der Waals surface area (Å²) >= 11 is 1.47. The molecule has 1 amide bonds. The molecule has 0 spiro atoms. The Morgan fingerprint density at radius 1 is 0.941 bits per heavy atom. The first kappa shape index (κ1) is 22.2. The molecule has 1 aliphatic heterocycles. The molecule has 7 nitrogen and oxygen atoms in total. The molecule has 0 saturated carbocycles. The van der Waals surface area contributed by atoms with Crippen molar-refractivity contribution in [2.24, 2.45) is 0 Å². The number of carbonyl (C=O) groups is 1. The van der Waals surface area contributed by atoms with Gasteiger partial charge < -0.3 is 19.1 Å². The normalized spacial score (nSPS) is 12.7. The van der Waals surface area contributed by atoms with Crippen molar-refractivity contribution in [3.05, 3.63) is 72.3 Å². The van der Waals surface area contributed by atoms with E-state index in [1.165, 1.54) is 11.3 Å². The van der Waals surface area contributed by atoms with Crippen LogP contribution in [0.2, 0.25) is 0 Å². The Kier molecular flexibility index (Phi) is 6.33. The maximum absolute atomic E-state index is 13.5. The van der Waals surface area contributed by atoms with Gasteiger partial charge in [-0.2, -0.15) is 0 Å². The molecule has 0 fully saturated rings. The number of carbonyl (C=O) groups excluding carboxylic acids is 1. The molecule has 2 heterocycles. The van der Waals surface area contributed by atoms with Crippen LogP contribution in [0.25, 0.3) is 10.2 Å². The number of anilines is 1. The predicted octanol–water partition coefficient (Wildman–Crippen LogP) is 5.07. The molecular weight excluding hydrogens is 450 g/mol. The summed E-state index contributed by atoms with van der Waals surface area (Å²) in [6.07, 6.45) is 0. The van der Waals surface area contributed by atoms with Crippen LogP contribution in [0.1, 0.15) is 10.4 Å². The van der Waals surface area contributed by atoms with Gasteiger partial charge in [0.2, 0.25) is 0 Å². The minimum absolute atomic E-state index is 0.107. The maximum atomic E-state index is 13.5. The van der Waals surface area contributed by atoms with Crippen LogP contribution in [-0.4, -0.2) is 56.2 Å².